The Balaban J connectivity index is 1.86. The zero-order valence-electron chi connectivity index (χ0n) is 11.3. The molecule has 0 radical (unpaired) electrons. The quantitative estimate of drug-likeness (QED) is 0.774. The summed E-state index contributed by atoms with van der Waals surface area (Å²) in [5.41, 5.74) is 0.517. The fourth-order valence-electron chi connectivity index (χ4n) is 1.64. The van der Waals surface area contributed by atoms with Gasteiger partial charge in [-0.05, 0) is 12.1 Å². The number of aliphatic carboxylic acids is 1. The molecule has 0 atom stereocenters. The Kier molecular flexibility index (Phi) is 4.83. The molecular weight excluding hydrogens is 292 g/mol. The number of carboxylic acids is 1. The first kappa shape index (κ1) is 14.9. The van der Waals surface area contributed by atoms with Gasteiger partial charge in [-0.3, -0.25) is 4.79 Å². The second-order valence-electron chi connectivity index (χ2n) is 4.27. The maximum Gasteiger partial charge on any atom is 0.328 e. The van der Waals surface area contributed by atoms with E-state index in [9.17, 15) is 9.59 Å². The van der Waals surface area contributed by atoms with Crippen LogP contribution in [0.5, 0.6) is 0 Å². The van der Waals surface area contributed by atoms with Gasteiger partial charge in [0.15, 0.2) is 0 Å². The number of aromatic nitrogens is 3. The highest BCUT2D eigenvalue weighted by Gasteiger charge is 2.08. The topological polar surface area (TPSA) is 97.1 Å². The number of carboxylic acid groups (broad SMARTS) is 1. The number of hydrogen-bond donors (Lipinski definition) is 2. The van der Waals surface area contributed by atoms with E-state index in [2.05, 4.69) is 15.5 Å². The van der Waals surface area contributed by atoms with Crippen molar-refractivity contribution in [3.8, 4) is 0 Å². The lowest BCUT2D eigenvalue weighted by Gasteiger charge is -2.03. The predicted molar refractivity (Wildman–Crippen MR) is 78.0 cm³/mol. The van der Waals surface area contributed by atoms with Crippen molar-refractivity contribution in [3.05, 3.63) is 40.1 Å². The monoisotopic (exact) mass is 306 g/mol. The van der Waals surface area contributed by atoms with Gasteiger partial charge in [-0.1, -0.05) is 0 Å². The van der Waals surface area contributed by atoms with Crippen LogP contribution in [-0.4, -0.2) is 38.3 Å². The molecule has 7 nitrogen and oxygen atoms in total. The molecule has 0 aromatic carbocycles. The first-order valence-electron chi connectivity index (χ1n) is 6.17. The minimum Gasteiger partial charge on any atom is -0.478 e. The number of nitrogens with zero attached hydrogens (tertiary/aromatic N) is 3. The Morgan fingerprint density at radius 2 is 2.33 bits per heavy atom. The van der Waals surface area contributed by atoms with Gasteiger partial charge in [-0.15, -0.1) is 21.5 Å². The average Bonchev–Trinajstić information content (AvgIpc) is 3.06. The maximum absolute atomic E-state index is 11.9. The van der Waals surface area contributed by atoms with Gasteiger partial charge in [-0.25, -0.2) is 4.79 Å². The van der Waals surface area contributed by atoms with Crippen molar-refractivity contribution < 1.29 is 14.7 Å². The van der Waals surface area contributed by atoms with E-state index < -0.39 is 5.97 Å². The van der Waals surface area contributed by atoms with E-state index in [0.29, 0.717) is 18.5 Å². The van der Waals surface area contributed by atoms with Gasteiger partial charge < -0.3 is 15.0 Å². The van der Waals surface area contributed by atoms with Gasteiger partial charge in [0.1, 0.15) is 12.2 Å². The highest BCUT2D eigenvalue weighted by atomic mass is 32.1. The van der Waals surface area contributed by atoms with E-state index in [1.165, 1.54) is 17.4 Å². The van der Waals surface area contributed by atoms with E-state index in [1.54, 1.807) is 22.3 Å². The third kappa shape index (κ3) is 4.25. The lowest BCUT2D eigenvalue weighted by atomic mass is 10.2. The number of aryl methyl sites for hydroxylation is 1. The fourth-order valence-corrected chi connectivity index (χ4v) is 2.42. The van der Waals surface area contributed by atoms with Gasteiger partial charge in [-0.2, -0.15) is 0 Å². The third-order valence-electron chi connectivity index (χ3n) is 2.71. The second kappa shape index (κ2) is 6.80. The number of hydrogen-bond acceptors (Lipinski definition) is 5. The van der Waals surface area contributed by atoms with Gasteiger partial charge in [0.2, 0.25) is 0 Å². The van der Waals surface area contributed by atoms with Gasteiger partial charge in [0.25, 0.3) is 5.91 Å². The number of rotatable bonds is 6. The Morgan fingerprint density at radius 1 is 1.52 bits per heavy atom. The molecule has 2 rings (SSSR count). The van der Waals surface area contributed by atoms with Crippen molar-refractivity contribution >= 4 is 29.3 Å². The lowest BCUT2D eigenvalue weighted by molar-refractivity contribution is -0.131. The number of thiophene rings is 1. The Hall–Kier alpha value is -2.48. The SMILES string of the molecule is Cn1cnnc1CCNC(=O)c1csc(C=CC(=O)O)c1. The van der Waals surface area contributed by atoms with Crippen LogP contribution in [0, 0.1) is 0 Å². The Morgan fingerprint density at radius 3 is 3.00 bits per heavy atom. The minimum atomic E-state index is -1.02. The molecule has 0 aliphatic rings. The summed E-state index contributed by atoms with van der Waals surface area (Å²) in [4.78, 5) is 23.1. The first-order chi connectivity index (χ1) is 10.1. The van der Waals surface area contributed by atoms with Gasteiger partial charge >= 0.3 is 5.97 Å². The van der Waals surface area contributed by atoms with E-state index in [4.69, 9.17) is 5.11 Å². The summed E-state index contributed by atoms with van der Waals surface area (Å²) in [6, 6.07) is 1.65. The first-order valence-corrected chi connectivity index (χ1v) is 7.05. The largest absolute Gasteiger partial charge is 0.478 e. The van der Waals surface area contributed by atoms with Crippen LogP contribution in [0.3, 0.4) is 0 Å². The zero-order chi connectivity index (χ0) is 15.2. The normalized spacial score (nSPS) is 10.9. The van der Waals surface area contributed by atoms with Gasteiger partial charge in [0.05, 0.1) is 5.56 Å². The predicted octanol–water partition coefficient (Wildman–Crippen LogP) is 0.947. The molecule has 2 aromatic rings. The summed E-state index contributed by atoms with van der Waals surface area (Å²) >= 11 is 1.32. The molecule has 0 fully saturated rings. The van der Waals surface area contributed by atoms with Crippen molar-refractivity contribution in [2.45, 2.75) is 6.42 Å². The number of carbonyl (C=O) groups is 2. The smallest absolute Gasteiger partial charge is 0.328 e. The molecule has 110 valence electrons. The van der Waals surface area contributed by atoms with Crippen LogP contribution in [0.15, 0.2) is 23.8 Å². The minimum absolute atomic E-state index is 0.191. The Bertz CT molecular complexity index is 675. The molecular formula is C13H14N4O3S. The van der Waals surface area contributed by atoms with Crippen LogP contribution >= 0.6 is 11.3 Å². The fraction of sp³-hybridized carbons (Fsp3) is 0.231. The van der Waals surface area contributed by atoms with E-state index >= 15 is 0 Å². The summed E-state index contributed by atoms with van der Waals surface area (Å²) < 4.78 is 1.80. The molecule has 0 saturated heterocycles. The molecule has 8 heteroatoms. The zero-order valence-corrected chi connectivity index (χ0v) is 12.1. The van der Waals surface area contributed by atoms with Crippen molar-refractivity contribution in [1.29, 1.82) is 0 Å². The van der Waals surface area contributed by atoms with Crippen molar-refractivity contribution in [1.82, 2.24) is 20.1 Å². The third-order valence-corrected chi connectivity index (χ3v) is 3.61. The highest BCUT2D eigenvalue weighted by Crippen LogP contribution is 2.16. The summed E-state index contributed by atoms with van der Waals surface area (Å²) in [5.74, 6) is -0.410. The van der Waals surface area contributed by atoms with Crippen LogP contribution in [0.4, 0.5) is 0 Å². The second-order valence-corrected chi connectivity index (χ2v) is 5.22. The summed E-state index contributed by atoms with van der Waals surface area (Å²) in [7, 11) is 1.84. The van der Waals surface area contributed by atoms with Crippen LogP contribution in [-0.2, 0) is 18.3 Å². The molecule has 2 N–H and O–H groups in total. The van der Waals surface area contributed by atoms with Crippen LogP contribution in [0.1, 0.15) is 21.1 Å². The Labute approximate surface area is 124 Å². The lowest BCUT2D eigenvalue weighted by Crippen LogP contribution is -2.25. The molecule has 1 amide bonds. The van der Waals surface area contributed by atoms with Crippen LogP contribution in [0.2, 0.25) is 0 Å². The molecule has 2 heterocycles. The summed E-state index contributed by atoms with van der Waals surface area (Å²) in [5, 5.41) is 20.7. The molecule has 0 aliphatic heterocycles. The van der Waals surface area contributed by atoms with E-state index in [1.807, 2.05) is 7.05 Å². The highest BCUT2D eigenvalue weighted by molar-refractivity contribution is 7.11. The van der Waals surface area contributed by atoms with Crippen molar-refractivity contribution in [3.63, 3.8) is 0 Å². The number of carbonyl (C=O) groups excluding carboxylic acids is 1. The molecule has 2 aromatic heterocycles. The van der Waals surface area contributed by atoms with E-state index in [-0.39, 0.29) is 5.91 Å². The van der Waals surface area contributed by atoms with Crippen LogP contribution in [0.25, 0.3) is 6.08 Å². The van der Waals surface area contributed by atoms with Crippen molar-refractivity contribution in [2.75, 3.05) is 6.54 Å². The molecule has 0 saturated carbocycles. The number of nitrogens with one attached hydrogen (secondary N) is 1. The van der Waals surface area contributed by atoms with E-state index in [0.717, 1.165) is 16.8 Å². The maximum atomic E-state index is 11.9. The summed E-state index contributed by atoms with van der Waals surface area (Å²) in [6.45, 7) is 0.460. The molecule has 0 bridgehead atoms. The van der Waals surface area contributed by atoms with Gasteiger partial charge in [0, 0.05) is 36.3 Å². The number of amides is 1. The standard InChI is InChI=1S/C13H14N4O3S/c1-17-8-15-16-11(17)4-5-14-13(20)9-6-10(21-7-9)2-3-12(18)19/h2-3,6-8H,4-5H2,1H3,(H,14,20)(H,18,19). The molecule has 0 spiro atoms. The average molecular weight is 306 g/mol. The molecule has 0 unspecified atom stereocenters. The molecule has 21 heavy (non-hydrogen) atoms. The summed E-state index contributed by atoms with van der Waals surface area (Å²) in [6.07, 6.45) is 4.71. The van der Waals surface area contributed by atoms with Crippen LogP contribution < -0.4 is 5.32 Å². The van der Waals surface area contributed by atoms with Crippen molar-refractivity contribution in [2.24, 2.45) is 7.05 Å². The molecule has 0 aliphatic carbocycles.